The van der Waals surface area contributed by atoms with Crippen molar-refractivity contribution < 1.29 is 15.0 Å². The average molecular weight is 351 g/mol. The van der Waals surface area contributed by atoms with Gasteiger partial charge in [0.15, 0.2) is 0 Å². The minimum absolute atomic E-state index is 0.241. The Labute approximate surface area is 151 Å². The third kappa shape index (κ3) is 6.57. The molecule has 1 saturated heterocycles. The van der Waals surface area contributed by atoms with Crippen LogP contribution in [-0.4, -0.2) is 34.4 Å². The van der Waals surface area contributed by atoms with Gasteiger partial charge in [0.2, 0.25) is 0 Å². The number of carboxylic acid groups (broad SMARTS) is 1. The predicted octanol–water partition coefficient (Wildman–Crippen LogP) is 3.17. The van der Waals surface area contributed by atoms with Crippen molar-refractivity contribution in [3.05, 3.63) is 24.3 Å². The molecule has 1 saturated carbocycles. The molecule has 5 atom stereocenters. The zero-order chi connectivity index (χ0) is 18.1. The van der Waals surface area contributed by atoms with Crippen molar-refractivity contribution in [2.45, 2.75) is 82.9 Å². The molecule has 142 valence electrons. The number of unbranched alkanes of at least 4 members (excludes halogenated alkanes) is 3. The van der Waals surface area contributed by atoms with E-state index >= 15 is 0 Å². The topological polar surface area (TPSA) is 81.6 Å². The molecule has 4 N–H and O–H groups in total. The number of rotatable bonds is 12. The lowest BCUT2D eigenvalue weighted by Crippen LogP contribution is -2.47. The molecular weight excluding hydrogens is 316 g/mol. The Morgan fingerprint density at radius 2 is 2.00 bits per heavy atom. The van der Waals surface area contributed by atoms with Crippen LogP contribution in [0.2, 0.25) is 0 Å². The number of aliphatic carboxylic acids is 1. The first-order valence-electron chi connectivity index (χ1n) is 9.86. The first-order valence-corrected chi connectivity index (χ1v) is 9.86. The molecule has 5 heteroatoms. The van der Waals surface area contributed by atoms with Gasteiger partial charge in [-0.05, 0) is 43.9 Å². The molecule has 1 aliphatic carbocycles. The Hall–Kier alpha value is -1.17. The van der Waals surface area contributed by atoms with E-state index in [4.69, 9.17) is 5.11 Å². The molecule has 5 nitrogen and oxygen atoms in total. The van der Waals surface area contributed by atoms with Gasteiger partial charge in [0.1, 0.15) is 0 Å². The molecule has 1 aliphatic heterocycles. The Bertz CT molecular complexity index is 464. The molecule has 25 heavy (non-hydrogen) atoms. The minimum Gasteiger partial charge on any atom is -0.481 e. The van der Waals surface area contributed by atoms with Crippen molar-refractivity contribution in [2.75, 3.05) is 0 Å². The number of allylic oxidation sites excluding steroid dienone is 2. The Morgan fingerprint density at radius 1 is 1.20 bits per heavy atom. The molecule has 2 rings (SSSR count). The third-order valence-corrected chi connectivity index (χ3v) is 5.43. The number of hydrazine groups is 1. The van der Waals surface area contributed by atoms with Crippen LogP contribution in [0, 0.1) is 11.8 Å². The molecule has 0 aromatic carbocycles. The Morgan fingerprint density at radius 3 is 2.76 bits per heavy atom. The first kappa shape index (κ1) is 20.1. The monoisotopic (exact) mass is 350 g/mol. The summed E-state index contributed by atoms with van der Waals surface area (Å²) < 4.78 is 0. The van der Waals surface area contributed by atoms with Crippen LogP contribution in [0.3, 0.4) is 0 Å². The van der Waals surface area contributed by atoms with Crippen LogP contribution in [0.5, 0.6) is 0 Å². The SMILES string of the molecule is CCCCC[C@H](O)C=CC1[C@@H](CC=CCCCC(=O)O)[C@@H]2C[C@H]1NN2. The second-order valence-electron chi connectivity index (χ2n) is 7.42. The van der Waals surface area contributed by atoms with Gasteiger partial charge in [-0.3, -0.25) is 15.6 Å². The molecule has 2 aliphatic rings. The van der Waals surface area contributed by atoms with Gasteiger partial charge in [-0.25, -0.2) is 0 Å². The normalized spacial score (nSPS) is 29.8. The summed E-state index contributed by atoms with van der Waals surface area (Å²) in [4.78, 5) is 10.5. The molecule has 0 aromatic heterocycles. The van der Waals surface area contributed by atoms with E-state index in [1.54, 1.807) is 0 Å². The van der Waals surface area contributed by atoms with Gasteiger partial charge < -0.3 is 10.2 Å². The number of hydrogen-bond acceptors (Lipinski definition) is 4. The van der Waals surface area contributed by atoms with Crippen LogP contribution in [0.15, 0.2) is 24.3 Å². The number of aliphatic hydroxyl groups is 1. The van der Waals surface area contributed by atoms with Gasteiger partial charge in [-0.2, -0.15) is 0 Å². The fourth-order valence-electron chi connectivity index (χ4n) is 4.00. The number of aliphatic hydroxyl groups excluding tert-OH is 1. The third-order valence-electron chi connectivity index (χ3n) is 5.43. The summed E-state index contributed by atoms with van der Waals surface area (Å²) in [5.74, 6) is 0.274. The molecule has 0 spiro atoms. The summed E-state index contributed by atoms with van der Waals surface area (Å²) in [6.45, 7) is 2.18. The number of carbonyl (C=O) groups is 1. The van der Waals surface area contributed by atoms with E-state index in [0.29, 0.717) is 30.3 Å². The van der Waals surface area contributed by atoms with Crippen LogP contribution in [0.25, 0.3) is 0 Å². The van der Waals surface area contributed by atoms with Gasteiger partial charge >= 0.3 is 5.97 Å². The molecule has 2 fully saturated rings. The molecule has 0 aromatic rings. The Balaban J connectivity index is 1.78. The first-order chi connectivity index (χ1) is 12.1. The van der Waals surface area contributed by atoms with Crippen molar-refractivity contribution in [2.24, 2.45) is 11.8 Å². The maximum absolute atomic E-state index is 10.5. The zero-order valence-corrected chi connectivity index (χ0v) is 15.4. The summed E-state index contributed by atoms with van der Waals surface area (Å²) in [6, 6.07) is 0.940. The summed E-state index contributed by atoms with van der Waals surface area (Å²) in [6.07, 6.45) is 16.4. The molecule has 1 heterocycles. The molecule has 1 unspecified atom stereocenters. The van der Waals surface area contributed by atoms with E-state index in [0.717, 1.165) is 32.1 Å². The highest BCUT2D eigenvalue weighted by atomic mass is 16.4. The van der Waals surface area contributed by atoms with E-state index in [2.05, 4.69) is 36.0 Å². The largest absolute Gasteiger partial charge is 0.481 e. The molecular formula is C20H34N2O3. The van der Waals surface area contributed by atoms with Gasteiger partial charge in [0.05, 0.1) is 6.10 Å². The van der Waals surface area contributed by atoms with Gasteiger partial charge in [-0.1, -0.05) is 50.5 Å². The lowest BCUT2D eigenvalue weighted by Gasteiger charge is -2.29. The van der Waals surface area contributed by atoms with E-state index in [1.165, 1.54) is 12.8 Å². The number of carboxylic acids is 1. The smallest absolute Gasteiger partial charge is 0.303 e. The highest BCUT2D eigenvalue weighted by molar-refractivity contribution is 5.66. The van der Waals surface area contributed by atoms with E-state index in [9.17, 15) is 9.90 Å². The molecule has 0 radical (unpaired) electrons. The van der Waals surface area contributed by atoms with Crippen LogP contribution < -0.4 is 10.9 Å². The van der Waals surface area contributed by atoms with Crippen molar-refractivity contribution in [3.8, 4) is 0 Å². The standard InChI is InChI=1S/C20H34N2O3/c1-2-3-6-9-15(23)12-13-17-16(18-14-19(17)22-21-18)10-7-4-5-8-11-20(24)25/h4,7,12-13,15-19,21-23H,2-3,5-6,8-11,14H2,1H3,(H,24,25)/t15-,16+,17?,18-,19+/m0/s1. The van der Waals surface area contributed by atoms with Crippen LogP contribution in [0.1, 0.15) is 64.7 Å². The van der Waals surface area contributed by atoms with Crippen LogP contribution in [0.4, 0.5) is 0 Å². The number of hydrogen-bond donors (Lipinski definition) is 4. The van der Waals surface area contributed by atoms with Gasteiger partial charge in [-0.15, -0.1) is 0 Å². The lowest BCUT2D eigenvalue weighted by molar-refractivity contribution is -0.137. The number of fused-ring (bicyclic) bond motifs is 2. The fourth-order valence-corrected chi connectivity index (χ4v) is 4.00. The van der Waals surface area contributed by atoms with Crippen LogP contribution >= 0.6 is 0 Å². The van der Waals surface area contributed by atoms with E-state index < -0.39 is 5.97 Å². The van der Waals surface area contributed by atoms with Crippen molar-refractivity contribution >= 4 is 5.97 Å². The van der Waals surface area contributed by atoms with Gasteiger partial charge in [0, 0.05) is 18.5 Å². The van der Waals surface area contributed by atoms with Gasteiger partial charge in [0.25, 0.3) is 0 Å². The summed E-state index contributed by atoms with van der Waals surface area (Å²) in [5, 5.41) is 18.8. The summed E-state index contributed by atoms with van der Waals surface area (Å²) >= 11 is 0. The number of nitrogens with one attached hydrogen (secondary N) is 2. The van der Waals surface area contributed by atoms with Crippen molar-refractivity contribution in [1.82, 2.24) is 10.9 Å². The van der Waals surface area contributed by atoms with Crippen LogP contribution in [-0.2, 0) is 4.79 Å². The van der Waals surface area contributed by atoms with Crippen molar-refractivity contribution in [3.63, 3.8) is 0 Å². The maximum Gasteiger partial charge on any atom is 0.303 e. The second-order valence-corrected chi connectivity index (χ2v) is 7.42. The summed E-state index contributed by atoms with van der Waals surface area (Å²) in [5.41, 5.74) is 6.74. The second kappa shape index (κ2) is 10.7. The highest BCUT2D eigenvalue weighted by Crippen LogP contribution is 2.39. The lowest BCUT2D eigenvalue weighted by atomic mass is 9.87. The minimum atomic E-state index is -0.723. The molecule has 2 bridgehead atoms. The Kier molecular flexibility index (Phi) is 8.65. The van der Waals surface area contributed by atoms with Crippen molar-refractivity contribution in [1.29, 1.82) is 0 Å². The maximum atomic E-state index is 10.5. The quantitative estimate of drug-likeness (QED) is 0.321. The summed E-state index contributed by atoms with van der Waals surface area (Å²) in [7, 11) is 0. The highest BCUT2D eigenvalue weighted by Gasteiger charge is 2.45. The van der Waals surface area contributed by atoms with E-state index in [-0.39, 0.29) is 12.5 Å². The fraction of sp³-hybridized carbons (Fsp3) is 0.750. The van der Waals surface area contributed by atoms with E-state index in [1.807, 2.05) is 6.08 Å². The predicted molar refractivity (Wildman–Crippen MR) is 100.0 cm³/mol. The average Bonchev–Trinajstić information content (AvgIpc) is 3.17. The zero-order valence-electron chi connectivity index (χ0n) is 15.4. The molecule has 0 amide bonds.